The predicted octanol–water partition coefficient (Wildman–Crippen LogP) is 23.2. The van der Waals surface area contributed by atoms with E-state index in [9.17, 15) is 43.2 Å². The lowest BCUT2D eigenvalue weighted by Crippen LogP contribution is -2.30. The van der Waals surface area contributed by atoms with Crippen LogP contribution in [0, 0.1) is 23.7 Å². The van der Waals surface area contributed by atoms with Crippen LogP contribution in [0.5, 0.6) is 0 Å². The molecule has 17 nitrogen and oxygen atoms in total. The number of phosphoric ester groups is 2. The molecule has 0 aliphatic carbocycles. The zero-order valence-corrected chi connectivity index (χ0v) is 66.2. The minimum atomic E-state index is -4.96. The van der Waals surface area contributed by atoms with Gasteiger partial charge in [0.25, 0.3) is 0 Å². The Balaban J connectivity index is 5.20. The molecule has 0 spiro atoms. The lowest BCUT2D eigenvalue weighted by atomic mass is 10.0. The Kier molecular flexibility index (Phi) is 66.8. The van der Waals surface area contributed by atoms with Gasteiger partial charge < -0.3 is 33.8 Å². The van der Waals surface area contributed by atoms with Crippen LogP contribution < -0.4 is 0 Å². The van der Waals surface area contributed by atoms with Gasteiger partial charge in [0.1, 0.15) is 19.3 Å². The van der Waals surface area contributed by atoms with E-state index in [2.05, 4.69) is 55.4 Å². The Morgan fingerprint density at radius 2 is 0.429 bits per heavy atom. The van der Waals surface area contributed by atoms with E-state index < -0.39 is 97.5 Å². The summed E-state index contributed by atoms with van der Waals surface area (Å²) in [5, 5.41) is 10.6. The third-order valence-corrected chi connectivity index (χ3v) is 20.2. The van der Waals surface area contributed by atoms with Crippen molar-refractivity contribution in [2.45, 2.75) is 420 Å². The van der Waals surface area contributed by atoms with Crippen LogP contribution in [0.2, 0.25) is 0 Å². The number of carbonyl (C=O) groups excluding carboxylic acids is 4. The molecular formula is C79H154O17P2. The Labute approximate surface area is 600 Å². The van der Waals surface area contributed by atoms with E-state index in [0.717, 1.165) is 108 Å². The van der Waals surface area contributed by atoms with Gasteiger partial charge in [-0.1, -0.05) is 351 Å². The molecule has 0 rings (SSSR count). The van der Waals surface area contributed by atoms with Gasteiger partial charge in [0.2, 0.25) is 0 Å². The molecule has 0 radical (unpaired) electrons. The zero-order valence-electron chi connectivity index (χ0n) is 64.4. The average Bonchev–Trinajstić information content (AvgIpc) is 0.983. The number of esters is 4. The first kappa shape index (κ1) is 96.1. The fourth-order valence-corrected chi connectivity index (χ4v) is 13.7. The van der Waals surface area contributed by atoms with Crippen LogP contribution >= 0.6 is 15.6 Å². The standard InChI is InChI=1S/C79H154O17P2/c1-69(2)55-47-39-31-25-21-17-13-9-11-15-19-23-27-34-43-51-59-76(81)89-65-74(95-78(83)61-53-45-36-28-24-20-16-12-10-14-18-22-26-32-40-48-56-70(3)4)67-93-97(85,86)91-63-73(80)64-92-98(87,88)94-68-75(96-79(84)62-54-46-38-37-42-50-58-72(7)8)66-90-77(82)60-52-44-35-30-29-33-41-49-57-71(5)6/h69-75,80H,9-68H2,1-8H3,(H,85,86)(H,87,88)/t73?,74-,75-/m1/s1. The van der Waals surface area contributed by atoms with Crippen molar-refractivity contribution in [1.82, 2.24) is 0 Å². The van der Waals surface area contributed by atoms with Crippen LogP contribution in [0.1, 0.15) is 402 Å². The van der Waals surface area contributed by atoms with Gasteiger partial charge in [0.15, 0.2) is 12.2 Å². The van der Waals surface area contributed by atoms with Gasteiger partial charge in [-0.2, -0.15) is 0 Å². The highest BCUT2D eigenvalue weighted by Crippen LogP contribution is 2.45. The first-order chi connectivity index (χ1) is 47.1. The molecule has 0 fully saturated rings. The van der Waals surface area contributed by atoms with Gasteiger partial charge in [0.05, 0.1) is 26.4 Å². The van der Waals surface area contributed by atoms with Crippen molar-refractivity contribution < 1.29 is 80.2 Å². The van der Waals surface area contributed by atoms with Crippen LogP contribution in [-0.2, 0) is 65.4 Å². The van der Waals surface area contributed by atoms with Gasteiger partial charge in [-0.3, -0.25) is 37.3 Å². The summed E-state index contributed by atoms with van der Waals surface area (Å²) in [5.41, 5.74) is 0. The average molecular weight is 1440 g/mol. The number of aliphatic hydroxyl groups is 1. The van der Waals surface area contributed by atoms with Crippen LogP contribution in [-0.4, -0.2) is 96.7 Å². The minimum absolute atomic E-state index is 0.101. The normalized spacial score (nSPS) is 14.1. The molecule has 0 saturated carbocycles. The maximum Gasteiger partial charge on any atom is 0.472 e. The molecule has 0 aromatic rings. The number of rotatable bonds is 76. The maximum absolute atomic E-state index is 13.1. The highest BCUT2D eigenvalue weighted by atomic mass is 31.2. The van der Waals surface area contributed by atoms with Crippen LogP contribution in [0.15, 0.2) is 0 Å². The first-order valence-corrected chi connectivity index (χ1v) is 43.7. The smallest absolute Gasteiger partial charge is 0.462 e. The van der Waals surface area contributed by atoms with Gasteiger partial charge in [-0.05, 0) is 49.4 Å². The molecule has 0 aliphatic heterocycles. The van der Waals surface area contributed by atoms with Crippen LogP contribution in [0.4, 0.5) is 0 Å². The largest absolute Gasteiger partial charge is 0.472 e. The van der Waals surface area contributed by atoms with Crippen molar-refractivity contribution in [3.8, 4) is 0 Å². The lowest BCUT2D eigenvalue weighted by Gasteiger charge is -2.21. The number of unbranched alkanes of at least 4 members (excludes halogenated alkanes) is 42. The molecule has 3 N–H and O–H groups in total. The van der Waals surface area contributed by atoms with E-state index in [4.69, 9.17) is 37.0 Å². The van der Waals surface area contributed by atoms with Crippen molar-refractivity contribution in [2.24, 2.45) is 23.7 Å². The van der Waals surface area contributed by atoms with E-state index in [1.165, 1.54) is 205 Å². The highest BCUT2D eigenvalue weighted by Gasteiger charge is 2.30. The monoisotopic (exact) mass is 1440 g/mol. The summed E-state index contributed by atoms with van der Waals surface area (Å²) >= 11 is 0. The third kappa shape index (κ3) is 72.4. The number of hydrogen-bond donors (Lipinski definition) is 3. The van der Waals surface area contributed by atoms with Crippen LogP contribution in [0.3, 0.4) is 0 Å². The van der Waals surface area contributed by atoms with E-state index >= 15 is 0 Å². The molecule has 0 aromatic carbocycles. The summed E-state index contributed by atoms with van der Waals surface area (Å²) in [6.45, 7) is 14.2. The number of phosphoric acid groups is 2. The number of ether oxygens (including phenoxy) is 4. The molecule has 0 amide bonds. The lowest BCUT2D eigenvalue weighted by molar-refractivity contribution is -0.161. The summed E-state index contributed by atoms with van der Waals surface area (Å²) in [4.78, 5) is 72.8. The quantitative estimate of drug-likeness (QED) is 0.0222. The molecule has 3 unspecified atom stereocenters. The van der Waals surface area contributed by atoms with Crippen molar-refractivity contribution >= 4 is 39.5 Å². The SMILES string of the molecule is CC(C)CCCCCCCCCCCCCCCCCCC(=O)OC[C@H](COP(=O)(O)OCC(O)COP(=O)(O)OC[C@@H](COC(=O)CCCCCCCCCCC(C)C)OC(=O)CCCCCCCCC(C)C)OC(=O)CCCCCCCCCCCCCCCCCCC(C)C. The molecule has 582 valence electrons. The Morgan fingerprint density at radius 1 is 0.255 bits per heavy atom. The topological polar surface area (TPSA) is 237 Å². The van der Waals surface area contributed by atoms with E-state index in [1.807, 2.05) is 0 Å². The van der Waals surface area contributed by atoms with E-state index in [1.54, 1.807) is 0 Å². The molecule has 98 heavy (non-hydrogen) atoms. The maximum atomic E-state index is 13.1. The Morgan fingerprint density at radius 3 is 0.633 bits per heavy atom. The van der Waals surface area contributed by atoms with Gasteiger partial charge in [-0.25, -0.2) is 9.13 Å². The first-order valence-electron chi connectivity index (χ1n) is 40.7. The predicted molar refractivity (Wildman–Crippen MR) is 400 cm³/mol. The summed E-state index contributed by atoms with van der Waals surface area (Å²) in [7, 11) is -9.91. The second-order valence-corrected chi connectivity index (χ2v) is 33.3. The van der Waals surface area contributed by atoms with Gasteiger partial charge in [-0.15, -0.1) is 0 Å². The summed E-state index contributed by atoms with van der Waals surface area (Å²) in [6.07, 6.45) is 54.5. The molecule has 0 saturated heterocycles. The second kappa shape index (κ2) is 68.2. The number of aliphatic hydroxyl groups excluding tert-OH is 1. The number of hydrogen-bond acceptors (Lipinski definition) is 15. The van der Waals surface area contributed by atoms with Gasteiger partial charge >= 0.3 is 39.5 Å². The van der Waals surface area contributed by atoms with Crippen LogP contribution in [0.25, 0.3) is 0 Å². The Bertz CT molecular complexity index is 1920. The Hall–Kier alpha value is -1.94. The van der Waals surface area contributed by atoms with E-state index in [-0.39, 0.29) is 25.7 Å². The van der Waals surface area contributed by atoms with Crippen molar-refractivity contribution in [2.75, 3.05) is 39.6 Å². The highest BCUT2D eigenvalue weighted by molar-refractivity contribution is 7.47. The molecular weight excluding hydrogens is 1280 g/mol. The minimum Gasteiger partial charge on any atom is -0.462 e. The molecule has 0 bridgehead atoms. The van der Waals surface area contributed by atoms with Crippen molar-refractivity contribution in [3.05, 3.63) is 0 Å². The molecule has 0 aliphatic rings. The molecule has 5 atom stereocenters. The molecule has 19 heteroatoms. The zero-order chi connectivity index (χ0) is 72.4. The number of carbonyl (C=O) groups is 4. The summed E-state index contributed by atoms with van der Waals surface area (Å²) < 4.78 is 68.5. The van der Waals surface area contributed by atoms with Gasteiger partial charge in [0, 0.05) is 25.7 Å². The summed E-state index contributed by atoms with van der Waals surface area (Å²) in [5.74, 6) is 0.895. The molecule has 0 heterocycles. The van der Waals surface area contributed by atoms with Crippen molar-refractivity contribution in [1.29, 1.82) is 0 Å². The summed E-state index contributed by atoms with van der Waals surface area (Å²) in [6, 6.07) is 0. The third-order valence-electron chi connectivity index (χ3n) is 18.3. The van der Waals surface area contributed by atoms with E-state index in [0.29, 0.717) is 31.6 Å². The fourth-order valence-electron chi connectivity index (χ4n) is 12.1. The second-order valence-electron chi connectivity index (χ2n) is 30.4. The van der Waals surface area contributed by atoms with Crippen molar-refractivity contribution in [3.63, 3.8) is 0 Å². The molecule has 0 aromatic heterocycles. The fraction of sp³-hybridized carbons (Fsp3) is 0.949.